The van der Waals surface area contributed by atoms with Crippen molar-refractivity contribution in [3.8, 4) is 23.3 Å². The smallest absolute Gasteiger partial charge is 0.346 e. The zero-order valence-corrected chi connectivity index (χ0v) is 14.6. The summed E-state index contributed by atoms with van der Waals surface area (Å²) in [5, 5.41) is 17.7. The van der Waals surface area contributed by atoms with Crippen LogP contribution >= 0.6 is 0 Å². The van der Waals surface area contributed by atoms with Crippen molar-refractivity contribution in [1.82, 2.24) is 0 Å². The van der Waals surface area contributed by atoms with E-state index in [4.69, 9.17) is 24.6 Å². The number of benzene rings is 2. The Hall–Kier alpha value is -3.46. The van der Waals surface area contributed by atoms with Crippen LogP contribution in [0.5, 0.6) is 17.2 Å². The Morgan fingerprint density at radius 2 is 1.81 bits per heavy atom. The van der Waals surface area contributed by atoms with Crippen molar-refractivity contribution in [3.05, 3.63) is 59.2 Å². The summed E-state index contributed by atoms with van der Waals surface area (Å²) in [7, 11) is 1.49. The maximum atomic E-state index is 10.9. The summed E-state index contributed by atoms with van der Waals surface area (Å²) in [6.45, 7) is 2.69. The standard InChI is InChI=1S/C20H19NO5/c1-14-3-6-17(7-4-14)25-9-10-26-18-8-5-15(12-19(18)24-2)11-16(13-21)20(22)23/h3-8,11-12H,9-10H2,1-2H3,(H,22,23). The zero-order valence-electron chi connectivity index (χ0n) is 14.6. The molecule has 1 N–H and O–H groups in total. The number of hydrogen-bond acceptors (Lipinski definition) is 5. The summed E-state index contributed by atoms with van der Waals surface area (Å²) in [6.07, 6.45) is 1.27. The second-order valence-electron chi connectivity index (χ2n) is 5.40. The van der Waals surface area contributed by atoms with Crippen molar-refractivity contribution in [2.75, 3.05) is 20.3 Å². The quantitative estimate of drug-likeness (QED) is 0.444. The van der Waals surface area contributed by atoms with Crippen LogP contribution in [0.4, 0.5) is 0 Å². The predicted molar refractivity (Wildman–Crippen MR) is 96.4 cm³/mol. The van der Waals surface area contributed by atoms with E-state index in [9.17, 15) is 4.79 Å². The highest BCUT2D eigenvalue weighted by Gasteiger charge is 2.09. The topological polar surface area (TPSA) is 88.8 Å². The number of carboxylic acids is 1. The number of ether oxygens (including phenoxy) is 3. The van der Waals surface area contributed by atoms with Crippen molar-refractivity contribution >= 4 is 12.0 Å². The van der Waals surface area contributed by atoms with Gasteiger partial charge in [-0.1, -0.05) is 23.8 Å². The molecule has 0 heterocycles. The molecule has 0 unspecified atom stereocenters. The normalized spacial score (nSPS) is 10.7. The van der Waals surface area contributed by atoms with E-state index in [0.29, 0.717) is 30.3 Å². The fourth-order valence-corrected chi connectivity index (χ4v) is 2.15. The monoisotopic (exact) mass is 353 g/mol. The minimum absolute atomic E-state index is 0.317. The molecular formula is C20H19NO5. The molecule has 2 rings (SSSR count). The van der Waals surface area contributed by atoms with E-state index in [1.165, 1.54) is 13.2 Å². The first kappa shape index (κ1) is 18.9. The van der Waals surface area contributed by atoms with Gasteiger partial charge in [-0.2, -0.15) is 5.26 Å². The molecule has 0 bridgehead atoms. The molecule has 2 aromatic carbocycles. The highest BCUT2D eigenvalue weighted by Crippen LogP contribution is 2.29. The summed E-state index contributed by atoms with van der Waals surface area (Å²) in [6, 6.07) is 14.3. The Morgan fingerprint density at radius 1 is 1.12 bits per heavy atom. The molecule has 0 atom stereocenters. The third-order valence-corrected chi connectivity index (χ3v) is 3.48. The first-order valence-electron chi connectivity index (χ1n) is 7.89. The molecule has 0 aliphatic heterocycles. The van der Waals surface area contributed by atoms with E-state index in [1.807, 2.05) is 31.2 Å². The van der Waals surface area contributed by atoms with Gasteiger partial charge in [0.05, 0.1) is 7.11 Å². The van der Waals surface area contributed by atoms with E-state index in [0.717, 1.165) is 11.3 Å². The van der Waals surface area contributed by atoms with Crippen LogP contribution in [0.3, 0.4) is 0 Å². The van der Waals surface area contributed by atoms with Crippen LogP contribution < -0.4 is 14.2 Å². The van der Waals surface area contributed by atoms with Crippen LogP contribution in [0.1, 0.15) is 11.1 Å². The van der Waals surface area contributed by atoms with E-state index >= 15 is 0 Å². The molecule has 0 saturated carbocycles. The highest BCUT2D eigenvalue weighted by molar-refractivity contribution is 5.96. The highest BCUT2D eigenvalue weighted by atomic mass is 16.5. The number of aliphatic carboxylic acids is 1. The molecule has 6 nitrogen and oxygen atoms in total. The molecule has 0 aliphatic carbocycles. The van der Waals surface area contributed by atoms with Gasteiger partial charge < -0.3 is 19.3 Å². The molecule has 134 valence electrons. The van der Waals surface area contributed by atoms with Crippen LogP contribution in [0, 0.1) is 18.3 Å². The Bertz CT molecular complexity index is 834. The zero-order chi connectivity index (χ0) is 18.9. The third kappa shape index (κ3) is 5.28. The molecule has 0 radical (unpaired) electrons. The predicted octanol–water partition coefficient (Wildman–Crippen LogP) is 3.45. The first-order valence-corrected chi connectivity index (χ1v) is 7.89. The third-order valence-electron chi connectivity index (χ3n) is 3.48. The number of methoxy groups -OCH3 is 1. The SMILES string of the molecule is COc1cc(C=C(C#N)C(=O)O)ccc1OCCOc1ccc(C)cc1. The second-order valence-corrected chi connectivity index (χ2v) is 5.40. The lowest BCUT2D eigenvalue weighted by Crippen LogP contribution is -2.09. The minimum atomic E-state index is -1.28. The summed E-state index contributed by atoms with van der Waals surface area (Å²) >= 11 is 0. The minimum Gasteiger partial charge on any atom is -0.493 e. The van der Waals surface area contributed by atoms with Gasteiger partial charge in [0.25, 0.3) is 0 Å². The number of carbonyl (C=O) groups is 1. The molecule has 0 spiro atoms. The first-order chi connectivity index (χ1) is 12.5. The number of carboxylic acid groups (broad SMARTS) is 1. The van der Waals surface area contributed by atoms with Gasteiger partial charge >= 0.3 is 5.97 Å². The number of hydrogen-bond donors (Lipinski definition) is 1. The molecule has 0 fully saturated rings. The summed E-state index contributed by atoms with van der Waals surface area (Å²) < 4.78 is 16.5. The van der Waals surface area contributed by atoms with Crippen molar-refractivity contribution < 1.29 is 24.1 Å². The average molecular weight is 353 g/mol. The van der Waals surface area contributed by atoms with Crippen LogP contribution in [-0.2, 0) is 4.79 Å². The van der Waals surface area contributed by atoms with Gasteiger partial charge in [0.15, 0.2) is 11.5 Å². The Morgan fingerprint density at radius 3 is 2.42 bits per heavy atom. The van der Waals surface area contributed by atoms with E-state index in [1.54, 1.807) is 24.3 Å². The van der Waals surface area contributed by atoms with E-state index in [-0.39, 0.29) is 5.57 Å². The molecule has 6 heteroatoms. The van der Waals surface area contributed by atoms with Crippen LogP contribution in [0.25, 0.3) is 6.08 Å². The Labute approximate surface area is 151 Å². The van der Waals surface area contributed by atoms with Crippen molar-refractivity contribution in [1.29, 1.82) is 5.26 Å². The number of aryl methyl sites for hydroxylation is 1. The molecule has 0 aromatic heterocycles. The van der Waals surface area contributed by atoms with Gasteiger partial charge in [-0.05, 0) is 42.8 Å². The lowest BCUT2D eigenvalue weighted by atomic mass is 10.1. The lowest BCUT2D eigenvalue weighted by molar-refractivity contribution is -0.132. The van der Waals surface area contributed by atoms with Crippen molar-refractivity contribution in [2.45, 2.75) is 6.92 Å². The van der Waals surface area contributed by atoms with Crippen molar-refractivity contribution in [3.63, 3.8) is 0 Å². The number of nitriles is 1. The van der Waals surface area contributed by atoms with Gasteiger partial charge in [-0.15, -0.1) is 0 Å². The Balaban J connectivity index is 1.98. The van der Waals surface area contributed by atoms with Crippen molar-refractivity contribution in [2.24, 2.45) is 0 Å². The van der Waals surface area contributed by atoms with E-state index in [2.05, 4.69) is 0 Å². The molecule has 0 amide bonds. The lowest BCUT2D eigenvalue weighted by Gasteiger charge is -2.12. The van der Waals surface area contributed by atoms with Gasteiger partial charge in [0, 0.05) is 0 Å². The number of rotatable bonds is 8. The molecule has 0 aliphatic rings. The summed E-state index contributed by atoms with van der Waals surface area (Å²) in [4.78, 5) is 10.9. The Kier molecular flexibility index (Phi) is 6.63. The van der Waals surface area contributed by atoms with Gasteiger partial charge in [-0.3, -0.25) is 0 Å². The van der Waals surface area contributed by atoms with Crippen LogP contribution in [0.15, 0.2) is 48.0 Å². The van der Waals surface area contributed by atoms with Gasteiger partial charge in [0.2, 0.25) is 0 Å². The largest absolute Gasteiger partial charge is 0.493 e. The fourth-order valence-electron chi connectivity index (χ4n) is 2.15. The molecule has 0 saturated heterocycles. The number of nitrogens with zero attached hydrogens (tertiary/aromatic N) is 1. The average Bonchev–Trinajstić information content (AvgIpc) is 2.65. The van der Waals surface area contributed by atoms with E-state index < -0.39 is 5.97 Å². The second kappa shape index (κ2) is 9.14. The van der Waals surface area contributed by atoms with Gasteiger partial charge in [0.1, 0.15) is 30.6 Å². The molecule has 26 heavy (non-hydrogen) atoms. The molecule has 2 aromatic rings. The summed E-state index contributed by atoms with van der Waals surface area (Å²) in [5.41, 5.74) is 1.34. The fraction of sp³-hybridized carbons (Fsp3) is 0.200. The molecular weight excluding hydrogens is 334 g/mol. The van der Waals surface area contributed by atoms with Gasteiger partial charge in [-0.25, -0.2) is 4.79 Å². The maximum absolute atomic E-state index is 10.9. The van der Waals surface area contributed by atoms with Crippen LogP contribution in [0.2, 0.25) is 0 Å². The van der Waals surface area contributed by atoms with Crippen LogP contribution in [-0.4, -0.2) is 31.4 Å². The summed E-state index contributed by atoms with van der Waals surface area (Å²) in [5.74, 6) is 0.437. The maximum Gasteiger partial charge on any atom is 0.346 e.